The average Bonchev–Trinajstić information content (AvgIpc) is 2.91. The highest BCUT2D eigenvalue weighted by Gasteiger charge is 2.25. The number of nitrogens with zero attached hydrogens (tertiary/aromatic N) is 1. The Morgan fingerprint density at radius 1 is 1.60 bits per heavy atom. The largest absolute Gasteiger partial charge is 0.487 e. The van der Waals surface area contributed by atoms with E-state index in [0.717, 1.165) is 13.0 Å². The molecular formula is C13H17N3O4. The Bertz CT molecular complexity index is 512. The van der Waals surface area contributed by atoms with Crippen LogP contribution in [0.2, 0.25) is 0 Å². The van der Waals surface area contributed by atoms with Gasteiger partial charge in [0, 0.05) is 18.7 Å². The maximum atomic E-state index is 12.2. The molecule has 1 heterocycles. The Labute approximate surface area is 116 Å². The number of nitro groups is 1. The lowest BCUT2D eigenvalue weighted by Gasteiger charge is -2.14. The van der Waals surface area contributed by atoms with Gasteiger partial charge in [-0.25, -0.2) is 0 Å². The van der Waals surface area contributed by atoms with Crippen molar-refractivity contribution in [3.8, 4) is 5.75 Å². The molecule has 108 valence electrons. The number of ether oxygens (including phenoxy) is 1. The molecule has 0 saturated carbocycles. The van der Waals surface area contributed by atoms with Crippen molar-refractivity contribution in [3.05, 3.63) is 33.9 Å². The summed E-state index contributed by atoms with van der Waals surface area (Å²) in [5, 5.41) is 17.0. The zero-order valence-electron chi connectivity index (χ0n) is 11.2. The van der Waals surface area contributed by atoms with Crippen LogP contribution in [0.1, 0.15) is 23.7 Å². The number of nitrogens with one attached hydrogen (secondary N) is 2. The summed E-state index contributed by atoms with van der Waals surface area (Å²) in [7, 11) is 0. The second-order valence-corrected chi connectivity index (χ2v) is 4.51. The van der Waals surface area contributed by atoms with Gasteiger partial charge in [-0.2, -0.15) is 0 Å². The van der Waals surface area contributed by atoms with E-state index >= 15 is 0 Å². The molecule has 1 aliphatic heterocycles. The third-order valence-corrected chi connectivity index (χ3v) is 3.12. The molecule has 2 rings (SSSR count). The molecule has 1 atom stereocenters. The molecule has 0 aliphatic carbocycles. The van der Waals surface area contributed by atoms with Crippen LogP contribution >= 0.6 is 0 Å². The molecule has 2 N–H and O–H groups in total. The third kappa shape index (κ3) is 3.05. The van der Waals surface area contributed by atoms with Crippen LogP contribution in [0.4, 0.5) is 5.69 Å². The van der Waals surface area contributed by atoms with E-state index in [1.165, 1.54) is 18.2 Å². The first-order chi connectivity index (χ1) is 9.63. The summed E-state index contributed by atoms with van der Waals surface area (Å²) in [6, 6.07) is 4.41. The first kappa shape index (κ1) is 14.3. The Morgan fingerprint density at radius 2 is 2.40 bits per heavy atom. The molecule has 0 radical (unpaired) electrons. The standard InChI is InChI=1S/C13H17N3O4/c1-2-20-12-10(4-3-5-11(12)16(18)19)13(17)15-9-6-7-14-8-9/h3-5,9,14H,2,6-8H2,1H3,(H,15,17)/t9-/m0/s1. The summed E-state index contributed by atoms with van der Waals surface area (Å²) in [6.07, 6.45) is 0.852. The minimum Gasteiger partial charge on any atom is -0.487 e. The summed E-state index contributed by atoms with van der Waals surface area (Å²) in [4.78, 5) is 22.7. The highest BCUT2D eigenvalue weighted by Crippen LogP contribution is 2.31. The van der Waals surface area contributed by atoms with Crippen molar-refractivity contribution in [2.45, 2.75) is 19.4 Å². The highest BCUT2D eigenvalue weighted by molar-refractivity contribution is 5.98. The minimum atomic E-state index is -0.543. The molecule has 7 heteroatoms. The third-order valence-electron chi connectivity index (χ3n) is 3.12. The number of hydrogen-bond donors (Lipinski definition) is 2. The van der Waals surface area contributed by atoms with Crippen LogP contribution in [0.15, 0.2) is 18.2 Å². The van der Waals surface area contributed by atoms with Crippen LogP contribution in [0, 0.1) is 10.1 Å². The predicted octanol–water partition coefficient (Wildman–Crippen LogP) is 1.09. The molecule has 1 saturated heterocycles. The molecule has 1 fully saturated rings. The molecule has 7 nitrogen and oxygen atoms in total. The molecule has 1 aliphatic rings. The van der Waals surface area contributed by atoms with Gasteiger partial charge in [-0.1, -0.05) is 6.07 Å². The van der Waals surface area contributed by atoms with E-state index in [0.29, 0.717) is 6.54 Å². The molecule has 1 aromatic carbocycles. The van der Waals surface area contributed by atoms with Crippen LogP contribution in [0.5, 0.6) is 5.75 Å². The van der Waals surface area contributed by atoms with Crippen molar-refractivity contribution in [2.75, 3.05) is 19.7 Å². The second-order valence-electron chi connectivity index (χ2n) is 4.51. The normalized spacial score (nSPS) is 17.8. The summed E-state index contributed by atoms with van der Waals surface area (Å²) in [6.45, 7) is 3.55. The van der Waals surface area contributed by atoms with Crippen LogP contribution in [-0.4, -0.2) is 36.6 Å². The SMILES string of the molecule is CCOc1c(C(=O)N[C@H]2CCNC2)cccc1[N+](=O)[O-]. The number of amides is 1. The molecule has 0 spiro atoms. The summed E-state index contributed by atoms with van der Waals surface area (Å²) in [5.41, 5.74) is 0.0111. The van der Waals surface area contributed by atoms with E-state index in [9.17, 15) is 14.9 Å². The van der Waals surface area contributed by atoms with E-state index in [1.54, 1.807) is 6.92 Å². The van der Waals surface area contributed by atoms with E-state index in [-0.39, 0.29) is 35.6 Å². The van der Waals surface area contributed by atoms with Crippen LogP contribution < -0.4 is 15.4 Å². The van der Waals surface area contributed by atoms with Gasteiger partial charge in [0.2, 0.25) is 5.75 Å². The van der Waals surface area contributed by atoms with Crippen LogP contribution in [-0.2, 0) is 0 Å². The lowest BCUT2D eigenvalue weighted by molar-refractivity contribution is -0.385. The maximum Gasteiger partial charge on any atom is 0.311 e. The van der Waals surface area contributed by atoms with Crippen molar-refractivity contribution in [1.82, 2.24) is 10.6 Å². The monoisotopic (exact) mass is 279 g/mol. The molecule has 1 aromatic rings. The van der Waals surface area contributed by atoms with Crippen molar-refractivity contribution in [1.29, 1.82) is 0 Å². The molecule has 20 heavy (non-hydrogen) atoms. The lowest BCUT2D eigenvalue weighted by Crippen LogP contribution is -2.36. The molecular weight excluding hydrogens is 262 g/mol. The van der Waals surface area contributed by atoms with Crippen LogP contribution in [0.3, 0.4) is 0 Å². The van der Waals surface area contributed by atoms with Crippen molar-refractivity contribution in [2.24, 2.45) is 0 Å². The van der Waals surface area contributed by atoms with Gasteiger partial charge in [0.1, 0.15) is 0 Å². The number of rotatable bonds is 5. The van der Waals surface area contributed by atoms with Gasteiger partial charge < -0.3 is 15.4 Å². The lowest BCUT2D eigenvalue weighted by atomic mass is 10.1. The van der Waals surface area contributed by atoms with Crippen molar-refractivity contribution < 1.29 is 14.5 Å². The second kappa shape index (κ2) is 6.33. The number of carbonyl (C=O) groups excluding carboxylic acids is 1. The van der Waals surface area contributed by atoms with Crippen molar-refractivity contribution >= 4 is 11.6 Å². The highest BCUT2D eigenvalue weighted by atomic mass is 16.6. The van der Waals surface area contributed by atoms with Gasteiger partial charge in [-0.05, 0) is 26.0 Å². The first-order valence-corrected chi connectivity index (χ1v) is 6.55. The number of benzene rings is 1. The first-order valence-electron chi connectivity index (χ1n) is 6.55. The van der Waals surface area contributed by atoms with Gasteiger partial charge in [-0.3, -0.25) is 14.9 Å². The van der Waals surface area contributed by atoms with E-state index < -0.39 is 4.92 Å². The number of nitro benzene ring substituents is 1. The predicted molar refractivity (Wildman–Crippen MR) is 73.0 cm³/mol. The van der Waals surface area contributed by atoms with Gasteiger partial charge >= 0.3 is 5.69 Å². The van der Waals surface area contributed by atoms with Crippen LogP contribution in [0.25, 0.3) is 0 Å². The molecule has 1 amide bonds. The van der Waals surface area contributed by atoms with E-state index in [1.807, 2.05) is 0 Å². The number of para-hydroxylation sites is 1. The minimum absolute atomic E-state index is 0.0310. The smallest absolute Gasteiger partial charge is 0.311 e. The Balaban J connectivity index is 2.26. The zero-order valence-corrected chi connectivity index (χ0v) is 11.2. The number of hydrogen-bond acceptors (Lipinski definition) is 5. The van der Waals surface area contributed by atoms with Gasteiger partial charge in [0.25, 0.3) is 5.91 Å². The van der Waals surface area contributed by atoms with Gasteiger partial charge in [-0.15, -0.1) is 0 Å². The topological polar surface area (TPSA) is 93.5 Å². The fraction of sp³-hybridized carbons (Fsp3) is 0.462. The Hall–Kier alpha value is -2.15. The fourth-order valence-corrected chi connectivity index (χ4v) is 2.18. The summed E-state index contributed by atoms with van der Waals surface area (Å²) in [5.74, 6) is -0.311. The van der Waals surface area contributed by atoms with Gasteiger partial charge in [0.05, 0.1) is 17.1 Å². The average molecular weight is 279 g/mol. The molecule has 0 unspecified atom stereocenters. The maximum absolute atomic E-state index is 12.2. The van der Waals surface area contributed by atoms with E-state index in [2.05, 4.69) is 10.6 Å². The summed E-state index contributed by atoms with van der Waals surface area (Å²) < 4.78 is 5.30. The quantitative estimate of drug-likeness (QED) is 0.621. The van der Waals surface area contributed by atoms with Gasteiger partial charge in [0.15, 0.2) is 0 Å². The molecule has 0 bridgehead atoms. The Kier molecular flexibility index (Phi) is 4.52. The zero-order chi connectivity index (χ0) is 14.5. The van der Waals surface area contributed by atoms with E-state index in [4.69, 9.17) is 4.74 Å². The Morgan fingerprint density at radius 3 is 3.00 bits per heavy atom. The number of carbonyl (C=O) groups is 1. The van der Waals surface area contributed by atoms with Crippen molar-refractivity contribution in [3.63, 3.8) is 0 Å². The summed E-state index contributed by atoms with van der Waals surface area (Å²) >= 11 is 0. The molecule has 0 aromatic heterocycles. The fourth-order valence-electron chi connectivity index (χ4n) is 2.18.